The number of fused-ring (bicyclic) bond motifs is 1. The van der Waals surface area contributed by atoms with Crippen LogP contribution in [-0.4, -0.2) is 48.9 Å². The third-order valence-corrected chi connectivity index (χ3v) is 3.95. The van der Waals surface area contributed by atoms with Gasteiger partial charge in [-0.2, -0.15) is 0 Å². The smallest absolute Gasteiger partial charge is 0.256 e. The molecule has 0 unspecified atom stereocenters. The van der Waals surface area contributed by atoms with Crippen LogP contribution in [0.5, 0.6) is 0 Å². The summed E-state index contributed by atoms with van der Waals surface area (Å²) in [7, 11) is 1.74. The van der Waals surface area contributed by atoms with Gasteiger partial charge < -0.3 is 20.3 Å². The largest absolute Gasteiger partial charge is 0.370 e. The van der Waals surface area contributed by atoms with Crippen LogP contribution in [0.15, 0.2) is 18.2 Å². The fraction of sp³-hybridized carbons (Fsp3) is 0.400. The van der Waals surface area contributed by atoms with Crippen molar-refractivity contribution in [2.45, 2.75) is 19.1 Å². The summed E-state index contributed by atoms with van der Waals surface area (Å²) in [6, 6.07) is 5.34. The maximum Gasteiger partial charge on any atom is 0.256 e. The molecule has 0 aliphatic carbocycles. The van der Waals surface area contributed by atoms with Crippen LogP contribution < -0.4 is 10.6 Å². The molecule has 2 N–H and O–H groups in total. The first-order valence-corrected chi connectivity index (χ1v) is 7.07. The van der Waals surface area contributed by atoms with Crippen molar-refractivity contribution in [2.75, 3.05) is 25.1 Å². The number of primary amides is 1. The van der Waals surface area contributed by atoms with E-state index < -0.39 is 12.0 Å². The first kappa shape index (κ1) is 17.2. The Morgan fingerprint density at radius 2 is 2.13 bits per heavy atom. The number of hydrogen-bond donors (Lipinski definition) is 1. The molecule has 1 aromatic carbocycles. The highest BCUT2D eigenvalue weighted by molar-refractivity contribution is 6.01. The van der Waals surface area contributed by atoms with Crippen LogP contribution in [-0.2, 0) is 20.9 Å². The van der Waals surface area contributed by atoms with Crippen LogP contribution in [0.25, 0.3) is 0 Å². The lowest BCUT2D eigenvalue weighted by molar-refractivity contribution is -0.138. The van der Waals surface area contributed by atoms with E-state index in [1.807, 2.05) is 6.07 Å². The molecule has 0 spiro atoms. The Balaban J connectivity index is 0.00000192. The second-order valence-corrected chi connectivity index (χ2v) is 5.52. The predicted molar refractivity (Wildman–Crippen MR) is 85.4 cm³/mol. The van der Waals surface area contributed by atoms with Gasteiger partial charge in [0.25, 0.3) is 11.8 Å². The number of amides is 3. The molecule has 1 aromatic rings. The van der Waals surface area contributed by atoms with E-state index >= 15 is 0 Å². The van der Waals surface area contributed by atoms with Crippen molar-refractivity contribution in [3.63, 3.8) is 0 Å². The summed E-state index contributed by atoms with van der Waals surface area (Å²) in [5, 5.41) is 0. The molecule has 0 aromatic heterocycles. The summed E-state index contributed by atoms with van der Waals surface area (Å²) in [5.41, 5.74) is 7.42. The number of hydrogen-bond acceptors (Lipinski definition) is 4. The molecular formula is C15H18ClN3O4. The number of morpholine rings is 1. The molecule has 3 amide bonds. The van der Waals surface area contributed by atoms with Gasteiger partial charge in [0.15, 0.2) is 0 Å². The first-order valence-electron chi connectivity index (χ1n) is 7.07. The van der Waals surface area contributed by atoms with E-state index in [-0.39, 0.29) is 30.6 Å². The standard InChI is InChI=1S/C15H17N3O4.ClH/c1-17-8-9-6-10(2-3-11(9)14(17)20)18-4-5-22-12(15(18)21)7-13(16)19;/h2-3,6,12H,4-5,7-8H2,1H3,(H2,16,19);1H/t12-;/m1./s1. The average Bonchev–Trinajstić information content (AvgIpc) is 2.75. The van der Waals surface area contributed by atoms with Gasteiger partial charge in [0.2, 0.25) is 5.91 Å². The number of benzene rings is 1. The molecule has 7 nitrogen and oxygen atoms in total. The minimum absolute atomic E-state index is 0. The van der Waals surface area contributed by atoms with Gasteiger partial charge in [0, 0.05) is 31.4 Å². The molecule has 1 fully saturated rings. The normalized spacial score (nSPS) is 20.3. The summed E-state index contributed by atoms with van der Waals surface area (Å²) in [4.78, 5) is 38.5. The quantitative estimate of drug-likeness (QED) is 0.857. The monoisotopic (exact) mass is 339 g/mol. The fourth-order valence-electron chi connectivity index (χ4n) is 2.85. The van der Waals surface area contributed by atoms with Crippen LogP contribution >= 0.6 is 12.4 Å². The van der Waals surface area contributed by atoms with E-state index in [1.54, 1.807) is 29.0 Å². The Morgan fingerprint density at radius 3 is 2.83 bits per heavy atom. The van der Waals surface area contributed by atoms with Gasteiger partial charge in [0.05, 0.1) is 13.0 Å². The van der Waals surface area contributed by atoms with Crippen LogP contribution in [0.1, 0.15) is 22.3 Å². The molecule has 124 valence electrons. The SMILES string of the molecule is CN1Cc2cc(N3CCO[C@H](CC(N)=O)C3=O)ccc2C1=O.Cl. The van der Waals surface area contributed by atoms with Crippen molar-refractivity contribution in [3.8, 4) is 0 Å². The minimum Gasteiger partial charge on any atom is -0.370 e. The van der Waals surface area contributed by atoms with Crippen molar-refractivity contribution < 1.29 is 19.1 Å². The molecule has 0 saturated carbocycles. The number of carbonyl (C=O) groups is 3. The number of carbonyl (C=O) groups excluding carboxylic acids is 3. The highest BCUT2D eigenvalue weighted by Gasteiger charge is 2.33. The molecule has 1 atom stereocenters. The van der Waals surface area contributed by atoms with Crippen LogP contribution in [0.3, 0.4) is 0 Å². The Bertz CT molecular complexity index is 664. The van der Waals surface area contributed by atoms with Gasteiger partial charge in [-0.25, -0.2) is 0 Å². The van der Waals surface area contributed by atoms with Gasteiger partial charge in [-0.3, -0.25) is 14.4 Å². The van der Waals surface area contributed by atoms with Crippen molar-refractivity contribution in [1.82, 2.24) is 4.90 Å². The van der Waals surface area contributed by atoms with Crippen LogP contribution in [0.2, 0.25) is 0 Å². The molecular weight excluding hydrogens is 322 g/mol. The summed E-state index contributed by atoms with van der Waals surface area (Å²) >= 11 is 0. The van der Waals surface area contributed by atoms with Gasteiger partial charge in [0.1, 0.15) is 6.10 Å². The first-order chi connectivity index (χ1) is 10.5. The summed E-state index contributed by atoms with van der Waals surface area (Å²) < 4.78 is 5.33. The molecule has 3 rings (SSSR count). The van der Waals surface area contributed by atoms with Gasteiger partial charge >= 0.3 is 0 Å². The lowest BCUT2D eigenvalue weighted by Crippen LogP contribution is -2.49. The highest BCUT2D eigenvalue weighted by Crippen LogP contribution is 2.28. The van der Waals surface area contributed by atoms with Crippen LogP contribution in [0.4, 0.5) is 5.69 Å². The van der Waals surface area contributed by atoms with Crippen molar-refractivity contribution in [1.29, 1.82) is 0 Å². The van der Waals surface area contributed by atoms with E-state index in [4.69, 9.17) is 10.5 Å². The number of anilines is 1. The Labute approximate surface area is 139 Å². The lowest BCUT2D eigenvalue weighted by Gasteiger charge is -2.32. The molecule has 8 heteroatoms. The van der Waals surface area contributed by atoms with Gasteiger partial charge in [-0.15, -0.1) is 12.4 Å². The lowest BCUT2D eigenvalue weighted by atomic mass is 10.1. The third-order valence-electron chi connectivity index (χ3n) is 3.95. The third kappa shape index (κ3) is 3.16. The zero-order chi connectivity index (χ0) is 15.9. The Hall–Kier alpha value is -2.12. The second-order valence-electron chi connectivity index (χ2n) is 5.52. The average molecular weight is 340 g/mol. The summed E-state index contributed by atoms with van der Waals surface area (Å²) in [6.45, 7) is 1.29. The van der Waals surface area contributed by atoms with Crippen molar-refractivity contribution in [3.05, 3.63) is 29.3 Å². The number of nitrogens with two attached hydrogens (primary N) is 1. The summed E-state index contributed by atoms with van der Waals surface area (Å²) in [6.07, 6.45) is -0.953. The maximum atomic E-state index is 12.4. The number of halogens is 1. The molecule has 0 bridgehead atoms. The number of rotatable bonds is 3. The maximum absolute atomic E-state index is 12.4. The van der Waals surface area contributed by atoms with Crippen molar-refractivity contribution in [2.24, 2.45) is 5.73 Å². The van der Waals surface area contributed by atoms with E-state index in [0.717, 1.165) is 5.56 Å². The minimum atomic E-state index is -0.830. The second kappa shape index (κ2) is 6.55. The van der Waals surface area contributed by atoms with Gasteiger partial charge in [-0.05, 0) is 23.8 Å². The Morgan fingerprint density at radius 1 is 1.39 bits per heavy atom. The predicted octanol–water partition coefficient (Wildman–Crippen LogP) is 0.301. The molecule has 23 heavy (non-hydrogen) atoms. The molecule has 2 aliphatic rings. The van der Waals surface area contributed by atoms with Crippen molar-refractivity contribution >= 4 is 35.8 Å². The molecule has 1 saturated heterocycles. The molecule has 0 radical (unpaired) electrons. The highest BCUT2D eigenvalue weighted by atomic mass is 35.5. The fourth-order valence-corrected chi connectivity index (χ4v) is 2.85. The number of ether oxygens (including phenoxy) is 1. The zero-order valence-electron chi connectivity index (χ0n) is 12.7. The molecule has 2 heterocycles. The van der Waals surface area contributed by atoms with Crippen LogP contribution in [0, 0.1) is 0 Å². The van der Waals surface area contributed by atoms with E-state index in [2.05, 4.69) is 0 Å². The van der Waals surface area contributed by atoms with E-state index in [0.29, 0.717) is 30.9 Å². The Kier molecular flexibility index (Phi) is 4.91. The summed E-state index contributed by atoms with van der Waals surface area (Å²) in [5.74, 6) is -0.856. The van der Waals surface area contributed by atoms with Gasteiger partial charge in [-0.1, -0.05) is 0 Å². The topological polar surface area (TPSA) is 92.9 Å². The van der Waals surface area contributed by atoms with E-state index in [9.17, 15) is 14.4 Å². The van der Waals surface area contributed by atoms with E-state index in [1.165, 1.54) is 0 Å². The molecule has 2 aliphatic heterocycles. The zero-order valence-corrected chi connectivity index (χ0v) is 13.5. The number of nitrogens with zero attached hydrogens (tertiary/aromatic N) is 2.